The van der Waals surface area contributed by atoms with Crippen LogP contribution < -0.4 is 0 Å². The zero-order chi connectivity index (χ0) is 18.3. The van der Waals surface area contributed by atoms with Crippen LogP contribution in [0.1, 0.15) is 26.2 Å². The van der Waals surface area contributed by atoms with E-state index in [4.69, 9.17) is 4.74 Å². The molecule has 0 aromatic carbocycles. The summed E-state index contributed by atoms with van der Waals surface area (Å²) in [6, 6.07) is 0. The predicted octanol–water partition coefficient (Wildman–Crippen LogP) is 3.58. The van der Waals surface area contributed by atoms with E-state index in [0.29, 0.717) is 0 Å². The maximum atomic E-state index is 13.3. The molecule has 0 N–H and O–H groups in total. The van der Waals surface area contributed by atoms with Crippen molar-refractivity contribution in [3.8, 4) is 0 Å². The Balaban J connectivity index is 2.03. The highest BCUT2D eigenvalue weighted by molar-refractivity contribution is 5.98. The number of carbonyl (C=O) groups excluding carboxylic acids is 2. The third kappa shape index (κ3) is 1.75. The number of Topliss-reactive ketones (excluding diaryl/α,β-unsaturated/α-hetero) is 1. The molecule has 4 unspecified atom stereocenters. The van der Waals surface area contributed by atoms with Crippen LogP contribution in [-0.2, 0) is 14.3 Å². The molecule has 0 amide bonds. The number of esters is 1. The Morgan fingerprint density at radius 2 is 1.75 bits per heavy atom. The summed E-state index contributed by atoms with van der Waals surface area (Å²) in [5.74, 6) is -7.25. The Morgan fingerprint density at radius 3 is 2.21 bits per heavy atom. The summed E-state index contributed by atoms with van der Waals surface area (Å²) in [5, 5.41) is 0. The second-order valence-corrected chi connectivity index (χ2v) is 6.91. The highest BCUT2D eigenvalue weighted by Crippen LogP contribution is 2.76. The summed E-state index contributed by atoms with van der Waals surface area (Å²) in [5.41, 5.74) is -5.93. The molecule has 0 radical (unpaired) electrons. The third-order valence-corrected chi connectivity index (χ3v) is 5.69. The van der Waals surface area contributed by atoms with Gasteiger partial charge in [-0.25, -0.2) is 4.79 Å². The number of hydrogen-bond acceptors (Lipinski definition) is 3. The molecule has 2 bridgehead atoms. The number of rotatable bonds is 2. The fraction of sp³-hybridized carbons (Fsp3) is 0.733. The Hall–Kier alpha value is -1.54. The maximum absolute atomic E-state index is 13.3. The van der Waals surface area contributed by atoms with Crippen molar-refractivity contribution in [3.05, 3.63) is 12.2 Å². The van der Waals surface area contributed by atoms with E-state index in [0.717, 1.165) is 0 Å². The quantitative estimate of drug-likeness (QED) is 0.432. The van der Waals surface area contributed by atoms with Crippen molar-refractivity contribution in [1.29, 1.82) is 0 Å². The van der Waals surface area contributed by atoms with Gasteiger partial charge >= 0.3 is 18.3 Å². The Bertz CT molecular complexity index is 620. The lowest BCUT2D eigenvalue weighted by atomic mass is 9.46. The summed E-state index contributed by atoms with van der Waals surface area (Å²) in [4.78, 5) is 23.9. The molecule has 0 aromatic heterocycles. The maximum Gasteiger partial charge on any atom is 0.410 e. The van der Waals surface area contributed by atoms with Crippen LogP contribution in [0.25, 0.3) is 0 Å². The number of ketones is 1. The van der Waals surface area contributed by atoms with Crippen LogP contribution >= 0.6 is 0 Å². The molecule has 0 saturated heterocycles. The van der Waals surface area contributed by atoms with E-state index >= 15 is 0 Å². The molecule has 9 heteroatoms. The van der Waals surface area contributed by atoms with Crippen LogP contribution in [0.5, 0.6) is 0 Å². The number of alkyl halides is 6. The van der Waals surface area contributed by atoms with E-state index in [1.165, 1.54) is 6.92 Å². The highest BCUT2D eigenvalue weighted by Gasteiger charge is 2.92. The zero-order valence-corrected chi connectivity index (χ0v) is 12.6. The van der Waals surface area contributed by atoms with Gasteiger partial charge in [-0.15, -0.1) is 0 Å². The Morgan fingerprint density at radius 1 is 1.21 bits per heavy atom. The summed E-state index contributed by atoms with van der Waals surface area (Å²) >= 11 is 0. The number of carbonyl (C=O) groups is 2. The van der Waals surface area contributed by atoms with Gasteiger partial charge in [-0.05, 0) is 32.1 Å². The second kappa shape index (κ2) is 4.54. The summed E-state index contributed by atoms with van der Waals surface area (Å²) in [6.45, 7) is 4.66. The molecule has 3 aliphatic carbocycles. The molecule has 134 valence electrons. The first-order valence-corrected chi connectivity index (χ1v) is 7.36. The molecule has 0 aromatic rings. The van der Waals surface area contributed by atoms with Crippen molar-refractivity contribution in [2.45, 2.75) is 44.1 Å². The molecule has 3 fully saturated rings. The van der Waals surface area contributed by atoms with Crippen molar-refractivity contribution in [1.82, 2.24) is 0 Å². The molecule has 4 atom stereocenters. The van der Waals surface area contributed by atoms with Crippen molar-refractivity contribution < 1.29 is 40.7 Å². The summed E-state index contributed by atoms with van der Waals surface area (Å²) < 4.78 is 85.1. The van der Waals surface area contributed by atoms with Gasteiger partial charge in [-0.3, -0.25) is 4.79 Å². The van der Waals surface area contributed by atoms with Gasteiger partial charge in [0, 0.05) is 11.5 Å². The van der Waals surface area contributed by atoms with Gasteiger partial charge in [0.1, 0.15) is 5.60 Å². The topological polar surface area (TPSA) is 43.4 Å². The number of ether oxygens (including phenoxy) is 1. The van der Waals surface area contributed by atoms with Gasteiger partial charge in [0.2, 0.25) is 5.41 Å². The molecule has 3 rings (SSSR count). The highest BCUT2D eigenvalue weighted by atomic mass is 19.4. The molecule has 0 heterocycles. The van der Waals surface area contributed by atoms with Crippen LogP contribution in [-0.4, -0.2) is 29.7 Å². The average molecular weight is 356 g/mol. The first-order valence-electron chi connectivity index (χ1n) is 7.36. The van der Waals surface area contributed by atoms with Crippen LogP contribution in [0.2, 0.25) is 0 Å². The number of hydrogen-bond donors (Lipinski definition) is 0. The Kier molecular flexibility index (Phi) is 3.27. The minimum absolute atomic E-state index is 0.0269. The minimum Gasteiger partial charge on any atom is -0.455 e. The molecule has 0 aliphatic heterocycles. The first-order chi connectivity index (χ1) is 10.8. The molecule has 3 aliphatic rings. The van der Waals surface area contributed by atoms with Gasteiger partial charge in [0.15, 0.2) is 5.78 Å². The lowest BCUT2D eigenvalue weighted by Crippen LogP contribution is -2.75. The average Bonchev–Trinajstić information content (AvgIpc) is 2.87. The smallest absolute Gasteiger partial charge is 0.410 e. The van der Waals surface area contributed by atoms with E-state index in [1.54, 1.807) is 0 Å². The van der Waals surface area contributed by atoms with E-state index in [-0.39, 0.29) is 24.8 Å². The fourth-order valence-corrected chi connectivity index (χ4v) is 4.83. The minimum atomic E-state index is -5.73. The van der Waals surface area contributed by atoms with Crippen molar-refractivity contribution in [2.24, 2.45) is 23.2 Å². The first kappa shape index (κ1) is 17.3. The van der Waals surface area contributed by atoms with Crippen LogP contribution in [0.3, 0.4) is 0 Å². The van der Waals surface area contributed by atoms with Crippen molar-refractivity contribution in [2.75, 3.05) is 0 Å². The third-order valence-electron chi connectivity index (χ3n) is 5.69. The van der Waals surface area contributed by atoms with Gasteiger partial charge < -0.3 is 4.74 Å². The second-order valence-electron chi connectivity index (χ2n) is 6.91. The lowest BCUT2D eigenvalue weighted by Gasteiger charge is -2.57. The van der Waals surface area contributed by atoms with Gasteiger partial charge in [0.05, 0.1) is 5.92 Å². The van der Waals surface area contributed by atoms with Crippen LogP contribution in [0.15, 0.2) is 12.2 Å². The Labute approximate surface area is 133 Å². The number of halogens is 6. The monoisotopic (exact) mass is 356 g/mol. The molecule has 0 spiro atoms. The molecule has 3 saturated carbocycles. The number of fused-ring (bicyclic) bond motifs is 5. The lowest BCUT2D eigenvalue weighted by molar-refractivity contribution is -0.371. The SMILES string of the molecule is C=C(C)C(=O)OC12CCC(C1)C1C2C(=O)C1(C(F)(F)F)C(F)(F)F. The molecular weight excluding hydrogens is 342 g/mol. The zero-order valence-electron chi connectivity index (χ0n) is 12.6. The van der Waals surface area contributed by atoms with Gasteiger partial charge in [0.25, 0.3) is 0 Å². The largest absolute Gasteiger partial charge is 0.455 e. The van der Waals surface area contributed by atoms with Gasteiger partial charge in [-0.2, -0.15) is 26.3 Å². The fourth-order valence-electron chi connectivity index (χ4n) is 4.83. The predicted molar refractivity (Wildman–Crippen MR) is 67.5 cm³/mol. The van der Waals surface area contributed by atoms with Crippen LogP contribution in [0.4, 0.5) is 26.3 Å². The van der Waals surface area contributed by atoms with Gasteiger partial charge in [-0.1, -0.05) is 6.58 Å². The molecular formula is C15H14F6O3. The summed E-state index contributed by atoms with van der Waals surface area (Å²) in [7, 11) is 0. The molecule has 24 heavy (non-hydrogen) atoms. The van der Waals surface area contributed by atoms with Crippen molar-refractivity contribution in [3.63, 3.8) is 0 Å². The normalized spacial score (nSPS) is 37.0. The van der Waals surface area contributed by atoms with Crippen LogP contribution in [0, 0.1) is 23.2 Å². The van der Waals surface area contributed by atoms with E-state index in [9.17, 15) is 35.9 Å². The standard InChI is InChI=1S/C15H14F6O3/c1-6(2)11(23)24-12-4-3-7(5-12)8-9(12)10(22)13(8,14(16,17)18)15(19,20)21/h7-9H,1,3-5H2,2H3. The van der Waals surface area contributed by atoms with E-state index in [1.807, 2.05) is 0 Å². The molecule has 3 nitrogen and oxygen atoms in total. The summed E-state index contributed by atoms with van der Waals surface area (Å²) in [6.07, 6.45) is -11.5. The van der Waals surface area contributed by atoms with Crippen molar-refractivity contribution >= 4 is 11.8 Å². The van der Waals surface area contributed by atoms with E-state index in [2.05, 4.69) is 6.58 Å². The van der Waals surface area contributed by atoms with E-state index < -0.39 is 52.9 Å².